The van der Waals surface area contributed by atoms with Crippen LogP contribution in [0.25, 0.3) is 0 Å². The minimum absolute atomic E-state index is 0.0471. The van der Waals surface area contributed by atoms with Crippen molar-refractivity contribution in [2.45, 2.75) is 6.61 Å². The zero-order valence-corrected chi connectivity index (χ0v) is 6.12. The first-order valence-electron chi connectivity index (χ1n) is 2.05. The fourth-order valence-corrected chi connectivity index (χ4v) is 2.27. The third-order valence-corrected chi connectivity index (χ3v) is 2.85. The van der Waals surface area contributed by atoms with Crippen LogP contribution in [0.4, 0.5) is 0 Å². The fraction of sp³-hybridized carbons (Fsp3) is 0.200. The van der Waals surface area contributed by atoms with Gasteiger partial charge < -0.3 is 0 Å². The zero-order chi connectivity index (χ0) is 5.11. The first kappa shape index (κ1) is 5.37. The van der Waals surface area contributed by atoms with Crippen LogP contribution in [0.1, 0.15) is 5.56 Å². The summed E-state index contributed by atoms with van der Waals surface area (Å²) >= 11 is 0.0471. The van der Waals surface area contributed by atoms with Crippen molar-refractivity contribution in [1.82, 2.24) is 0 Å². The van der Waals surface area contributed by atoms with Crippen molar-refractivity contribution in [3.8, 4) is 0 Å². The first-order valence-corrected chi connectivity index (χ1v) is 4.74. The molecule has 0 aromatic carbocycles. The molecule has 1 rings (SSSR count). The molecule has 2 heteroatoms. The van der Waals surface area contributed by atoms with Crippen LogP contribution >= 0.6 is 0 Å². The standard InChI is InChI=1S/C5H6OTe/c6-3-5-1-2-7-4-5/h1-2,4,6H,3H2. The van der Waals surface area contributed by atoms with Gasteiger partial charge in [-0.05, 0) is 0 Å². The van der Waals surface area contributed by atoms with Gasteiger partial charge in [0.25, 0.3) is 0 Å². The average molecular weight is 210 g/mol. The first-order chi connectivity index (χ1) is 3.43. The van der Waals surface area contributed by atoms with Gasteiger partial charge in [-0.15, -0.1) is 0 Å². The second-order valence-electron chi connectivity index (χ2n) is 1.29. The molecule has 0 spiro atoms. The Kier molecular flexibility index (Phi) is 1.93. The summed E-state index contributed by atoms with van der Waals surface area (Å²) in [5, 5.41) is 8.47. The van der Waals surface area contributed by atoms with Crippen LogP contribution in [0.15, 0.2) is 14.2 Å². The summed E-state index contributed by atoms with van der Waals surface area (Å²) < 4.78 is 4.31. The molecule has 0 atom stereocenters. The van der Waals surface area contributed by atoms with E-state index in [4.69, 9.17) is 5.11 Å². The quantitative estimate of drug-likeness (QED) is 0.657. The SMILES string of the molecule is OCc1cc[te]c1. The Hall–Kier alpha value is 0.230. The predicted octanol–water partition coefficient (Wildman–Crippen LogP) is 0.236. The molecule has 0 unspecified atom stereocenters. The number of hydrogen-bond donors (Lipinski definition) is 1. The predicted molar refractivity (Wildman–Crippen MR) is 29.3 cm³/mol. The molecule has 0 bridgehead atoms. The second kappa shape index (κ2) is 2.52. The Balaban J connectivity index is 2.76. The molecule has 1 N–H and O–H groups in total. The monoisotopic (exact) mass is 212 g/mol. The van der Waals surface area contributed by atoms with E-state index in [1.54, 1.807) is 0 Å². The Morgan fingerprint density at radius 2 is 2.57 bits per heavy atom. The van der Waals surface area contributed by atoms with Crippen LogP contribution in [-0.4, -0.2) is 25.5 Å². The molecule has 0 saturated heterocycles. The molecule has 0 radical (unpaired) electrons. The van der Waals surface area contributed by atoms with Crippen LogP contribution in [0.3, 0.4) is 0 Å². The molecule has 7 heavy (non-hydrogen) atoms. The van der Waals surface area contributed by atoms with E-state index in [0.29, 0.717) is 0 Å². The molecule has 1 nitrogen and oxygen atoms in total. The molecule has 0 amide bonds. The molecule has 0 aliphatic heterocycles. The van der Waals surface area contributed by atoms with Gasteiger partial charge >= 0.3 is 51.9 Å². The number of aliphatic hydroxyl groups is 1. The van der Waals surface area contributed by atoms with Crippen molar-refractivity contribution in [1.29, 1.82) is 0 Å². The normalized spacial score (nSPS) is 9.29. The molecule has 1 aromatic heterocycles. The minimum atomic E-state index is 0.0471. The van der Waals surface area contributed by atoms with Gasteiger partial charge in [0.2, 0.25) is 0 Å². The van der Waals surface area contributed by atoms with Crippen LogP contribution in [0, 0.1) is 0 Å². The van der Waals surface area contributed by atoms with Crippen LogP contribution in [0.2, 0.25) is 0 Å². The van der Waals surface area contributed by atoms with Crippen LogP contribution in [0.5, 0.6) is 0 Å². The number of rotatable bonds is 1. The zero-order valence-electron chi connectivity index (χ0n) is 3.79. The Bertz CT molecular complexity index is 123. The fourth-order valence-electron chi connectivity index (χ4n) is 0.383. The van der Waals surface area contributed by atoms with Crippen LogP contribution < -0.4 is 0 Å². The van der Waals surface area contributed by atoms with Gasteiger partial charge in [0, 0.05) is 0 Å². The van der Waals surface area contributed by atoms with Crippen LogP contribution in [-0.2, 0) is 6.61 Å². The van der Waals surface area contributed by atoms with Gasteiger partial charge in [-0.25, -0.2) is 0 Å². The van der Waals surface area contributed by atoms with E-state index in [0.717, 1.165) is 5.56 Å². The molecule has 0 saturated carbocycles. The van der Waals surface area contributed by atoms with Gasteiger partial charge in [0.15, 0.2) is 0 Å². The molecule has 0 fully saturated rings. The van der Waals surface area contributed by atoms with E-state index in [2.05, 4.69) is 8.16 Å². The summed E-state index contributed by atoms with van der Waals surface area (Å²) in [7, 11) is 0. The molecule has 1 heterocycles. The molecular weight excluding hydrogens is 204 g/mol. The summed E-state index contributed by atoms with van der Waals surface area (Å²) in [6.45, 7) is 0.223. The molecule has 0 aliphatic rings. The maximum absolute atomic E-state index is 8.47. The number of aliphatic hydroxyl groups excluding tert-OH is 1. The summed E-state index contributed by atoms with van der Waals surface area (Å²) in [6.07, 6.45) is 0. The Morgan fingerprint density at radius 3 is 2.86 bits per heavy atom. The average Bonchev–Trinajstić information content (AvgIpc) is 2.14. The summed E-state index contributed by atoms with van der Waals surface area (Å²) in [5.74, 6) is 0. The van der Waals surface area contributed by atoms with E-state index in [1.807, 2.05) is 6.07 Å². The third-order valence-electron chi connectivity index (χ3n) is 0.763. The molecule has 0 aliphatic carbocycles. The van der Waals surface area contributed by atoms with E-state index in [9.17, 15) is 0 Å². The topological polar surface area (TPSA) is 20.2 Å². The van der Waals surface area contributed by atoms with Crippen molar-refractivity contribution in [3.05, 3.63) is 19.8 Å². The van der Waals surface area contributed by atoms with Gasteiger partial charge in [0.05, 0.1) is 0 Å². The van der Waals surface area contributed by atoms with Crippen molar-refractivity contribution in [2.24, 2.45) is 0 Å². The maximum atomic E-state index is 8.47. The van der Waals surface area contributed by atoms with Gasteiger partial charge in [-0.2, -0.15) is 0 Å². The van der Waals surface area contributed by atoms with E-state index < -0.39 is 0 Å². The van der Waals surface area contributed by atoms with Crippen molar-refractivity contribution in [3.63, 3.8) is 0 Å². The summed E-state index contributed by atoms with van der Waals surface area (Å²) in [4.78, 5) is 0. The van der Waals surface area contributed by atoms with Crippen molar-refractivity contribution < 1.29 is 5.11 Å². The van der Waals surface area contributed by atoms with Gasteiger partial charge in [-0.3, -0.25) is 0 Å². The number of hydrogen-bond acceptors (Lipinski definition) is 1. The molecule has 38 valence electrons. The van der Waals surface area contributed by atoms with E-state index in [1.165, 1.54) is 0 Å². The Morgan fingerprint density at radius 1 is 1.71 bits per heavy atom. The van der Waals surface area contributed by atoms with E-state index >= 15 is 0 Å². The summed E-state index contributed by atoms with van der Waals surface area (Å²) in [6, 6.07) is 2.00. The van der Waals surface area contributed by atoms with Crippen molar-refractivity contribution >= 4 is 20.4 Å². The van der Waals surface area contributed by atoms with Gasteiger partial charge in [0.1, 0.15) is 0 Å². The molecule has 1 aromatic rings. The molecular formula is C5H6OTe. The van der Waals surface area contributed by atoms with Gasteiger partial charge in [-0.1, -0.05) is 0 Å². The van der Waals surface area contributed by atoms with E-state index in [-0.39, 0.29) is 27.0 Å². The second-order valence-corrected chi connectivity index (χ2v) is 3.52. The van der Waals surface area contributed by atoms with Crippen molar-refractivity contribution in [2.75, 3.05) is 0 Å². The summed E-state index contributed by atoms with van der Waals surface area (Å²) in [5.41, 5.74) is 1.10. The third kappa shape index (κ3) is 1.31. The Labute approximate surface area is 52.2 Å².